The number of methoxy groups -OCH3 is 1. The first kappa shape index (κ1) is 14.3. The van der Waals surface area contributed by atoms with Gasteiger partial charge in [-0.1, -0.05) is 19.8 Å². The predicted octanol–water partition coefficient (Wildman–Crippen LogP) is 3.61. The molecule has 3 unspecified atom stereocenters. The molecule has 2 rings (SSSR count). The quantitative estimate of drug-likeness (QED) is 0.634. The molecule has 2 saturated carbocycles. The number of unbranched alkanes of at least 4 members (excludes halogenated alkanes) is 1. The highest BCUT2D eigenvalue weighted by molar-refractivity contribution is 5.01. The molecule has 0 radical (unpaired) electrons. The van der Waals surface area contributed by atoms with Gasteiger partial charge in [0, 0.05) is 20.3 Å². The molecule has 0 heterocycles. The molecule has 2 bridgehead atoms. The summed E-state index contributed by atoms with van der Waals surface area (Å²) in [5.41, 5.74) is 0.645. The van der Waals surface area contributed by atoms with E-state index >= 15 is 0 Å². The number of fused-ring (bicyclic) bond motifs is 2. The van der Waals surface area contributed by atoms with Crippen LogP contribution in [0.1, 0.15) is 58.3 Å². The number of ether oxygens (including phenoxy) is 1. The Labute approximate surface area is 113 Å². The van der Waals surface area contributed by atoms with Crippen molar-refractivity contribution in [2.24, 2.45) is 17.3 Å². The van der Waals surface area contributed by atoms with E-state index in [1.165, 1.54) is 64.5 Å². The minimum Gasteiger partial charge on any atom is -0.385 e. The minimum absolute atomic E-state index is 0.645. The number of nitrogens with one attached hydrogen (secondary N) is 1. The van der Waals surface area contributed by atoms with Gasteiger partial charge in [0.05, 0.1) is 0 Å². The summed E-state index contributed by atoms with van der Waals surface area (Å²) >= 11 is 0. The average Bonchev–Trinajstić information content (AvgIpc) is 2.96. The monoisotopic (exact) mass is 253 g/mol. The van der Waals surface area contributed by atoms with Gasteiger partial charge >= 0.3 is 0 Å². The molecule has 0 amide bonds. The Balaban J connectivity index is 1.82. The van der Waals surface area contributed by atoms with Crippen LogP contribution in [-0.2, 0) is 4.74 Å². The second-order valence-electron chi connectivity index (χ2n) is 6.57. The molecule has 2 nitrogen and oxygen atoms in total. The first-order valence-corrected chi connectivity index (χ1v) is 8.00. The Morgan fingerprint density at radius 3 is 2.78 bits per heavy atom. The third-order valence-corrected chi connectivity index (χ3v) is 5.28. The molecule has 18 heavy (non-hydrogen) atoms. The fourth-order valence-corrected chi connectivity index (χ4v) is 4.41. The molecule has 0 aromatic rings. The van der Waals surface area contributed by atoms with Gasteiger partial charge in [-0.25, -0.2) is 0 Å². The summed E-state index contributed by atoms with van der Waals surface area (Å²) in [5.74, 6) is 2.08. The molecule has 0 aliphatic heterocycles. The maximum atomic E-state index is 5.18. The van der Waals surface area contributed by atoms with Gasteiger partial charge in [-0.3, -0.25) is 0 Å². The van der Waals surface area contributed by atoms with Crippen LogP contribution in [0.15, 0.2) is 0 Å². The van der Waals surface area contributed by atoms with Gasteiger partial charge in [-0.15, -0.1) is 0 Å². The van der Waals surface area contributed by atoms with Crippen LogP contribution in [0.2, 0.25) is 0 Å². The smallest absolute Gasteiger partial charge is 0.0462 e. The summed E-state index contributed by atoms with van der Waals surface area (Å²) in [6.07, 6.45) is 11.3. The number of hydrogen-bond acceptors (Lipinski definition) is 2. The Bertz CT molecular complexity index is 243. The first-order valence-electron chi connectivity index (χ1n) is 8.00. The molecule has 0 aromatic carbocycles. The highest BCUT2D eigenvalue weighted by atomic mass is 16.5. The van der Waals surface area contributed by atoms with E-state index in [1.807, 2.05) is 7.11 Å². The van der Waals surface area contributed by atoms with E-state index in [1.54, 1.807) is 0 Å². The van der Waals surface area contributed by atoms with Crippen molar-refractivity contribution in [3.05, 3.63) is 0 Å². The third-order valence-electron chi connectivity index (χ3n) is 5.28. The van der Waals surface area contributed by atoms with Crippen molar-refractivity contribution in [3.8, 4) is 0 Å². The lowest BCUT2D eigenvalue weighted by atomic mass is 9.70. The lowest BCUT2D eigenvalue weighted by Gasteiger charge is -2.38. The molecule has 2 fully saturated rings. The van der Waals surface area contributed by atoms with Gasteiger partial charge in [0.15, 0.2) is 0 Å². The van der Waals surface area contributed by atoms with Crippen molar-refractivity contribution < 1.29 is 4.74 Å². The summed E-state index contributed by atoms with van der Waals surface area (Å²) in [6.45, 7) is 5.66. The summed E-state index contributed by atoms with van der Waals surface area (Å²) in [4.78, 5) is 0. The van der Waals surface area contributed by atoms with Gasteiger partial charge < -0.3 is 10.1 Å². The molecular formula is C16H31NO. The normalized spacial score (nSPS) is 34.3. The SMILES string of the molecule is CCCNCC1(CCCCOC)CC2CCC1C2. The Morgan fingerprint density at radius 1 is 1.28 bits per heavy atom. The molecule has 0 spiro atoms. The zero-order chi connectivity index (χ0) is 12.8. The van der Waals surface area contributed by atoms with Crippen molar-refractivity contribution in [3.63, 3.8) is 0 Å². The van der Waals surface area contributed by atoms with E-state index in [-0.39, 0.29) is 0 Å². The molecule has 0 aromatic heterocycles. The minimum atomic E-state index is 0.645. The Hall–Kier alpha value is -0.0800. The van der Waals surface area contributed by atoms with Crippen LogP contribution in [0, 0.1) is 17.3 Å². The Kier molecular flexibility index (Phi) is 5.50. The molecule has 1 N–H and O–H groups in total. The van der Waals surface area contributed by atoms with Crippen LogP contribution in [-0.4, -0.2) is 26.8 Å². The molecule has 106 valence electrons. The summed E-state index contributed by atoms with van der Waals surface area (Å²) in [5, 5.41) is 3.71. The zero-order valence-corrected chi connectivity index (χ0v) is 12.3. The van der Waals surface area contributed by atoms with E-state index in [4.69, 9.17) is 4.74 Å². The van der Waals surface area contributed by atoms with Crippen LogP contribution < -0.4 is 5.32 Å². The fourth-order valence-electron chi connectivity index (χ4n) is 4.41. The largest absolute Gasteiger partial charge is 0.385 e. The zero-order valence-electron chi connectivity index (χ0n) is 12.3. The van der Waals surface area contributed by atoms with Crippen LogP contribution in [0.25, 0.3) is 0 Å². The van der Waals surface area contributed by atoms with Crippen LogP contribution in [0.4, 0.5) is 0 Å². The van der Waals surface area contributed by atoms with Crippen molar-refractivity contribution in [2.75, 3.05) is 26.8 Å². The van der Waals surface area contributed by atoms with E-state index < -0.39 is 0 Å². The first-order chi connectivity index (χ1) is 8.80. The van der Waals surface area contributed by atoms with Crippen molar-refractivity contribution in [1.29, 1.82) is 0 Å². The summed E-state index contributed by atoms with van der Waals surface area (Å²) < 4.78 is 5.18. The third kappa shape index (κ3) is 3.27. The number of rotatable bonds is 9. The van der Waals surface area contributed by atoms with Crippen LogP contribution in [0.5, 0.6) is 0 Å². The van der Waals surface area contributed by atoms with Crippen molar-refractivity contribution >= 4 is 0 Å². The Morgan fingerprint density at radius 2 is 2.17 bits per heavy atom. The lowest BCUT2D eigenvalue weighted by Crippen LogP contribution is -2.39. The second kappa shape index (κ2) is 6.91. The predicted molar refractivity (Wildman–Crippen MR) is 76.8 cm³/mol. The fraction of sp³-hybridized carbons (Fsp3) is 1.00. The lowest BCUT2D eigenvalue weighted by molar-refractivity contribution is 0.129. The van der Waals surface area contributed by atoms with Gasteiger partial charge in [0.2, 0.25) is 0 Å². The van der Waals surface area contributed by atoms with Crippen molar-refractivity contribution in [1.82, 2.24) is 5.32 Å². The van der Waals surface area contributed by atoms with Crippen molar-refractivity contribution in [2.45, 2.75) is 58.3 Å². The van der Waals surface area contributed by atoms with Gasteiger partial charge in [-0.2, -0.15) is 0 Å². The van der Waals surface area contributed by atoms with E-state index in [2.05, 4.69) is 12.2 Å². The van der Waals surface area contributed by atoms with E-state index in [0.29, 0.717) is 5.41 Å². The molecule has 2 aliphatic rings. The van der Waals surface area contributed by atoms with Gasteiger partial charge in [0.1, 0.15) is 0 Å². The molecule has 2 aliphatic carbocycles. The highest BCUT2D eigenvalue weighted by Crippen LogP contribution is 2.57. The second-order valence-corrected chi connectivity index (χ2v) is 6.57. The average molecular weight is 253 g/mol. The molecule has 0 saturated heterocycles. The number of hydrogen-bond donors (Lipinski definition) is 1. The standard InChI is InChI=1S/C16H31NO/c1-3-9-17-13-16(8-4-5-10-18-2)12-14-6-7-15(16)11-14/h14-15,17H,3-13H2,1-2H3. The van der Waals surface area contributed by atoms with Crippen LogP contribution in [0.3, 0.4) is 0 Å². The molecular weight excluding hydrogens is 222 g/mol. The van der Waals surface area contributed by atoms with Crippen LogP contribution >= 0.6 is 0 Å². The summed E-state index contributed by atoms with van der Waals surface area (Å²) in [6, 6.07) is 0. The van der Waals surface area contributed by atoms with Gasteiger partial charge in [0.25, 0.3) is 0 Å². The van der Waals surface area contributed by atoms with E-state index in [9.17, 15) is 0 Å². The van der Waals surface area contributed by atoms with E-state index in [0.717, 1.165) is 18.4 Å². The molecule has 3 atom stereocenters. The molecule has 2 heteroatoms. The maximum Gasteiger partial charge on any atom is 0.0462 e. The topological polar surface area (TPSA) is 21.3 Å². The maximum absolute atomic E-state index is 5.18. The highest BCUT2D eigenvalue weighted by Gasteiger charge is 2.49. The van der Waals surface area contributed by atoms with Gasteiger partial charge in [-0.05, 0) is 62.3 Å². The summed E-state index contributed by atoms with van der Waals surface area (Å²) in [7, 11) is 1.82.